The second-order valence-corrected chi connectivity index (χ2v) is 22.2. The van der Waals surface area contributed by atoms with Gasteiger partial charge in [-0.3, -0.25) is 43.2 Å². The quantitative estimate of drug-likeness (QED) is 0.0756. The third kappa shape index (κ3) is 20.4. The molecule has 0 radical (unpaired) electrons. The minimum absolute atomic E-state index is 0.0129. The lowest BCUT2D eigenvalue weighted by Crippen LogP contribution is -2.63. The number of cyclic esters (lactones) is 1. The second kappa shape index (κ2) is 33.8. The van der Waals surface area contributed by atoms with Crippen molar-refractivity contribution in [1.29, 1.82) is 0 Å². The summed E-state index contributed by atoms with van der Waals surface area (Å²) in [7, 11) is 2.80. The molecule has 1 aromatic heterocycles. The zero-order valence-corrected chi connectivity index (χ0v) is 50.6. The number of nitrogens with one attached hydrogen (secondary N) is 2. The largest absolute Gasteiger partial charge is 0.467 e. The smallest absolute Gasteiger partial charge is 0.328 e. The van der Waals surface area contributed by atoms with Gasteiger partial charge in [0.05, 0.1) is 71.4 Å². The van der Waals surface area contributed by atoms with E-state index in [1.165, 1.54) is 57.1 Å². The van der Waals surface area contributed by atoms with Gasteiger partial charge in [-0.2, -0.15) is 0 Å². The van der Waals surface area contributed by atoms with Crippen molar-refractivity contribution in [2.75, 3.05) is 119 Å². The standard InChI is InChI=1S/C59H87FN10O14/c1-13-21-63(33-52(74)64(24-28-81-11)35-53(75)67(31-47-15-14-26-83-47)32-49(71)62-48-20-27-84-59(48)80)51(73)34-65(25-29-82-12)54(76)37-69(43(9)40(4)5)55(77)36-66-22-23-68(57(41(6)7)58(66)79)56(78)38-70(50(72)30-61-42(8)39(2)3)44(10)45-16-18-46(60)19-17-45/h1,14-19,26,39-44,48,57,61H,20-25,27-38H2,2-12H3,(H,62,71)/t42-,43+,44-,48?,57-/m1/s1. The zero-order valence-electron chi connectivity index (χ0n) is 50.6. The number of furan rings is 1. The molecule has 2 aromatic rings. The molecule has 2 fully saturated rings. The van der Waals surface area contributed by atoms with Crippen LogP contribution < -0.4 is 10.6 Å². The van der Waals surface area contributed by atoms with Crippen LogP contribution >= 0.6 is 0 Å². The van der Waals surface area contributed by atoms with Crippen molar-refractivity contribution in [1.82, 2.24) is 49.8 Å². The van der Waals surface area contributed by atoms with Gasteiger partial charge < -0.3 is 68.5 Å². The highest BCUT2D eigenvalue weighted by Gasteiger charge is 2.42. The molecule has 464 valence electrons. The molecule has 25 heteroatoms. The van der Waals surface area contributed by atoms with Gasteiger partial charge in [-0.1, -0.05) is 59.6 Å². The van der Waals surface area contributed by atoms with E-state index in [0.29, 0.717) is 11.3 Å². The molecule has 3 heterocycles. The minimum Gasteiger partial charge on any atom is -0.467 e. The van der Waals surface area contributed by atoms with Crippen LogP contribution in [0, 0.1) is 35.9 Å². The van der Waals surface area contributed by atoms with Crippen LogP contribution in [0.1, 0.15) is 86.1 Å². The molecule has 1 unspecified atom stereocenters. The number of amides is 9. The molecular formula is C59H87FN10O14. The summed E-state index contributed by atoms with van der Waals surface area (Å²) < 4.78 is 34.9. The van der Waals surface area contributed by atoms with E-state index < -0.39 is 128 Å². The van der Waals surface area contributed by atoms with Gasteiger partial charge in [0.2, 0.25) is 53.2 Å². The van der Waals surface area contributed by atoms with Crippen LogP contribution in [0.15, 0.2) is 47.1 Å². The van der Waals surface area contributed by atoms with Crippen LogP contribution in [-0.4, -0.2) is 242 Å². The molecule has 4 rings (SSSR count). The Hall–Kier alpha value is -7.43. The monoisotopic (exact) mass is 1180 g/mol. The van der Waals surface area contributed by atoms with E-state index >= 15 is 0 Å². The molecule has 0 aliphatic carbocycles. The predicted molar refractivity (Wildman–Crippen MR) is 306 cm³/mol. The molecule has 0 saturated carbocycles. The number of nitrogens with zero attached hydrogens (tertiary/aromatic N) is 8. The molecule has 9 amide bonds. The summed E-state index contributed by atoms with van der Waals surface area (Å²) in [6, 6.07) is 5.77. The number of benzene rings is 1. The normalized spacial score (nSPS) is 16.2. The molecule has 2 aliphatic rings. The summed E-state index contributed by atoms with van der Waals surface area (Å²) >= 11 is 0. The lowest BCUT2D eigenvalue weighted by atomic mass is 9.98. The summed E-state index contributed by atoms with van der Waals surface area (Å²) in [5.41, 5.74) is 0.608. The molecule has 0 bridgehead atoms. The third-order valence-corrected chi connectivity index (χ3v) is 15.2. The Kier molecular flexibility index (Phi) is 27.8. The lowest BCUT2D eigenvalue weighted by Gasteiger charge is -2.44. The van der Waals surface area contributed by atoms with Gasteiger partial charge in [0.15, 0.2) is 0 Å². The summed E-state index contributed by atoms with van der Waals surface area (Å²) in [5.74, 6) is -4.10. The van der Waals surface area contributed by atoms with Crippen molar-refractivity contribution >= 4 is 59.1 Å². The highest BCUT2D eigenvalue weighted by Crippen LogP contribution is 2.25. The summed E-state index contributed by atoms with van der Waals surface area (Å²) in [6.07, 6.45) is 7.36. The molecule has 1 aromatic carbocycles. The predicted octanol–water partition coefficient (Wildman–Crippen LogP) is 1.38. The lowest BCUT2D eigenvalue weighted by molar-refractivity contribution is -0.158. The van der Waals surface area contributed by atoms with Crippen molar-refractivity contribution in [2.45, 2.75) is 105 Å². The van der Waals surface area contributed by atoms with Gasteiger partial charge in [0, 0.05) is 58.9 Å². The average Bonchev–Trinajstić information content (AvgIpc) is 4.15. The van der Waals surface area contributed by atoms with Crippen LogP contribution in [0.25, 0.3) is 0 Å². The topological polar surface area (TPSA) is 262 Å². The van der Waals surface area contributed by atoms with Crippen LogP contribution in [0.5, 0.6) is 0 Å². The van der Waals surface area contributed by atoms with Gasteiger partial charge >= 0.3 is 5.97 Å². The van der Waals surface area contributed by atoms with Crippen molar-refractivity contribution in [2.24, 2.45) is 17.8 Å². The van der Waals surface area contributed by atoms with Gasteiger partial charge in [0.25, 0.3) is 0 Å². The van der Waals surface area contributed by atoms with Crippen molar-refractivity contribution in [3.8, 4) is 12.3 Å². The van der Waals surface area contributed by atoms with E-state index in [1.54, 1.807) is 52.0 Å². The van der Waals surface area contributed by atoms with Crippen LogP contribution in [0.4, 0.5) is 4.39 Å². The molecule has 5 atom stereocenters. The van der Waals surface area contributed by atoms with E-state index in [4.69, 9.17) is 25.1 Å². The number of hydrogen-bond donors (Lipinski definition) is 2. The van der Waals surface area contributed by atoms with E-state index in [-0.39, 0.29) is 102 Å². The number of methoxy groups -OCH3 is 2. The molecule has 2 aliphatic heterocycles. The van der Waals surface area contributed by atoms with Crippen molar-refractivity contribution in [3.63, 3.8) is 0 Å². The fourth-order valence-corrected chi connectivity index (χ4v) is 9.37. The Morgan fingerprint density at radius 3 is 1.86 bits per heavy atom. The first-order chi connectivity index (χ1) is 39.8. The molecule has 0 spiro atoms. The van der Waals surface area contributed by atoms with E-state index in [1.807, 2.05) is 34.6 Å². The Balaban J connectivity index is 1.50. The van der Waals surface area contributed by atoms with E-state index in [9.17, 15) is 52.3 Å². The van der Waals surface area contributed by atoms with Gasteiger partial charge in [-0.05, 0) is 68.4 Å². The van der Waals surface area contributed by atoms with Crippen LogP contribution in [-0.2, 0) is 68.7 Å². The third-order valence-electron chi connectivity index (χ3n) is 15.2. The number of esters is 1. The van der Waals surface area contributed by atoms with Gasteiger partial charge in [0.1, 0.15) is 49.8 Å². The first-order valence-corrected chi connectivity index (χ1v) is 28.5. The molecular weight excluding hydrogens is 1090 g/mol. The SMILES string of the molecule is C#CCN(CC(=O)N(CCOC)CC(=O)N(CC(=O)NC1CCOC1=O)Cc1ccco1)C(=O)CN(CCOC)C(=O)CN(C(=O)CN1CCN(C(=O)CN(C(=O)CN[C@H](C)C(C)C)[C@H](C)c2ccc(F)cc2)[C@H](C(C)C)C1=O)[C@@H](C)C(C)C. The number of carbonyl (C=O) groups excluding carboxylic acids is 10. The number of ether oxygens (including phenoxy) is 3. The number of rotatable bonds is 33. The van der Waals surface area contributed by atoms with Crippen molar-refractivity contribution in [3.05, 3.63) is 59.8 Å². The first-order valence-electron chi connectivity index (χ1n) is 28.5. The second-order valence-electron chi connectivity index (χ2n) is 22.2. The zero-order chi connectivity index (χ0) is 62.4. The maximum Gasteiger partial charge on any atom is 0.328 e. The molecule has 2 N–H and O–H groups in total. The van der Waals surface area contributed by atoms with Crippen LogP contribution in [0.2, 0.25) is 0 Å². The number of piperazine rings is 1. The van der Waals surface area contributed by atoms with E-state index in [2.05, 4.69) is 16.6 Å². The van der Waals surface area contributed by atoms with E-state index in [0.717, 1.165) is 14.7 Å². The minimum atomic E-state index is -1.01. The molecule has 2 saturated heterocycles. The van der Waals surface area contributed by atoms with Gasteiger partial charge in [-0.15, -0.1) is 6.42 Å². The fraction of sp³-hybridized carbons (Fsp3) is 0.627. The summed E-state index contributed by atoms with van der Waals surface area (Å²) in [5, 5.41) is 5.79. The number of terminal acetylenes is 1. The number of halogens is 1. The average molecular weight is 1180 g/mol. The first kappa shape index (κ1) is 69.1. The van der Waals surface area contributed by atoms with Crippen LogP contribution in [0.3, 0.4) is 0 Å². The Bertz CT molecular complexity index is 2590. The maximum absolute atomic E-state index is 14.5. The highest BCUT2D eigenvalue weighted by atomic mass is 19.1. The van der Waals surface area contributed by atoms with Gasteiger partial charge in [-0.25, -0.2) is 9.18 Å². The Morgan fingerprint density at radius 2 is 1.32 bits per heavy atom. The Labute approximate surface area is 492 Å². The number of hydrogen-bond acceptors (Lipinski definition) is 15. The fourth-order valence-electron chi connectivity index (χ4n) is 9.37. The molecule has 24 nitrogen and oxygen atoms in total. The summed E-state index contributed by atoms with van der Waals surface area (Å²) in [4.78, 5) is 149. The Morgan fingerprint density at radius 1 is 0.726 bits per heavy atom. The number of carbonyl (C=O) groups is 10. The maximum atomic E-state index is 14.5. The van der Waals surface area contributed by atoms with Crippen molar-refractivity contribution < 1.29 is 71.0 Å². The summed E-state index contributed by atoms with van der Waals surface area (Å²) in [6.45, 7) is 12.4. The highest BCUT2D eigenvalue weighted by molar-refractivity contribution is 5.96. The molecule has 84 heavy (non-hydrogen) atoms.